The van der Waals surface area contributed by atoms with Crippen LogP contribution in [-0.2, 0) is 6.42 Å². The molecular formula is C12H9BrF2OS. The maximum Gasteiger partial charge on any atom is 0.129 e. The van der Waals surface area contributed by atoms with Gasteiger partial charge >= 0.3 is 0 Å². The Morgan fingerprint density at radius 2 is 2.06 bits per heavy atom. The van der Waals surface area contributed by atoms with E-state index < -0.39 is 17.7 Å². The summed E-state index contributed by atoms with van der Waals surface area (Å²) in [6.07, 6.45) is -0.634. The molecule has 0 spiro atoms. The van der Waals surface area contributed by atoms with Gasteiger partial charge in [-0.25, -0.2) is 8.78 Å². The maximum atomic E-state index is 13.4. The van der Waals surface area contributed by atoms with E-state index in [1.807, 2.05) is 5.38 Å². The van der Waals surface area contributed by atoms with Crippen molar-refractivity contribution in [3.63, 3.8) is 0 Å². The lowest BCUT2D eigenvalue weighted by Gasteiger charge is -2.09. The summed E-state index contributed by atoms with van der Waals surface area (Å²) < 4.78 is 27.0. The number of aliphatic hydroxyl groups excluding tert-OH is 1. The molecule has 0 aliphatic heterocycles. The zero-order valence-electron chi connectivity index (χ0n) is 8.66. The van der Waals surface area contributed by atoms with Gasteiger partial charge in [0.1, 0.15) is 11.6 Å². The normalized spacial score (nSPS) is 12.7. The van der Waals surface area contributed by atoms with Gasteiger partial charge in [0.25, 0.3) is 0 Å². The zero-order chi connectivity index (χ0) is 12.4. The molecule has 0 saturated carbocycles. The molecule has 0 amide bonds. The fraction of sp³-hybridized carbons (Fsp3) is 0.167. The number of hydrogen-bond donors (Lipinski definition) is 1. The summed E-state index contributed by atoms with van der Waals surface area (Å²) in [4.78, 5) is 0.751. The van der Waals surface area contributed by atoms with E-state index >= 15 is 0 Å². The standard InChI is InChI=1S/C12H9BrF2OS/c13-8-4-12(17-6-8)11(16)3-7-1-2-9(14)5-10(7)15/h1-2,4-6,11,16H,3H2. The lowest BCUT2D eigenvalue weighted by molar-refractivity contribution is 0.181. The molecule has 5 heteroatoms. The van der Waals surface area contributed by atoms with E-state index in [1.54, 1.807) is 6.07 Å². The summed E-state index contributed by atoms with van der Waals surface area (Å²) >= 11 is 4.68. The topological polar surface area (TPSA) is 20.2 Å². The highest BCUT2D eigenvalue weighted by atomic mass is 79.9. The van der Waals surface area contributed by atoms with E-state index in [1.165, 1.54) is 23.5 Å². The molecule has 0 fully saturated rings. The van der Waals surface area contributed by atoms with Crippen LogP contribution in [-0.4, -0.2) is 5.11 Å². The molecule has 1 heterocycles. The second kappa shape index (κ2) is 5.25. The Balaban J connectivity index is 2.15. The van der Waals surface area contributed by atoms with E-state index in [-0.39, 0.29) is 6.42 Å². The van der Waals surface area contributed by atoms with Crippen molar-refractivity contribution in [1.82, 2.24) is 0 Å². The van der Waals surface area contributed by atoms with E-state index in [4.69, 9.17) is 0 Å². The summed E-state index contributed by atoms with van der Waals surface area (Å²) in [7, 11) is 0. The van der Waals surface area contributed by atoms with Gasteiger partial charge in [-0.3, -0.25) is 0 Å². The van der Waals surface area contributed by atoms with Crippen LogP contribution in [0.1, 0.15) is 16.5 Å². The van der Waals surface area contributed by atoms with Crippen molar-refractivity contribution in [3.05, 3.63) is 56.2 Å². The Bertz CT molecular complexity index is 527. The van der Waals surface area contributed by atoms with Crippen molar-refractivity contribution >= 4 is 27.3 Å². The van der Waals surface area contributed by atoms with Crippen LogP contribution in [0.15, 0.2) is 34.1 Å². The largest absolute Gasteiger partial charge is 0.387 e. The average molecular weight is 319 g/mol. The van der Waals surface area contributed by atoms with Crippen molar-refractivity contribution in [2.24, 2.45) is 0 Å². The lowest BCUT2D eigenvalue weighted by Crippen LogP contribution is -2.02. The van der Waals surface area contributed by atoms with E-state index in [2.05, 4.69) is 15.9 Å². The van der Waals surface area contributed by atoms with Crippen LogP contribution in [0.4, 0.5) is 8.78 Å². The highest BCUT2D eigenvalue weighted by molar-refractivity contribution is 9.10. The van der Waals surface area contributed by atoms with Crippen LogP contribution in [0.2, 0.25) is 0 Å². The van der Waals surface area contributed by atoms with Gasteiger partial charge in [-0.2, -0.15) is 0 Å². The third-order valence-electron chi connectivity index (χ3n) is 2.34. The minimum absolute atomic E-state index is 0.138. The van der Waals surface area contributed by atoms with Gasteiger partial charge in [0, 0.05) is 27.2 Å². The predicted octanol–water partition coefficient (Wildman–Crippen LogP) is 4.06. The Morgan fingerprint density at radius 1 is 1.29 bits per heavy atom. The number of aliphatic hydroxyl groups is 1. The summed E-state index contributed by atoms with van der Waals surface area (Å²) in [5, 5.41) is 11.8. The molecule has 0 aliphatic rings. The molecular weight excluding hydrogens is 310 g/mol. The second-order valence-corrected chi connectivity index (χ2v) is 5.48. The minimum Gasteiger partial charge on any atom is -0.387 e. The SMILES string of the molecule is OC(Cc1ccc(F)cc1F)c1cc(Br)cs1. The van der Waals surface area contributed by atoms with Gasteiger partial charge in [0.15, 0.2) is 0 Å². The monoisotopic (exact) mass is 318 g/mol. The molecule has 90 valence electrons. The molecule has 0 saturated heterocycles. The van der Waals surface area contributed by atoms with Crippen LogP contribution >= 0.6 is 27.3 Å². The first kappa shape index (κ1) is 12.7. The Hall–Kier alpha value is -0.780. The molecule has 1 N–H and O–H groups in total. The fourth-order valence-corrected chi connectivity index (χ4v) is 2.93. The van der Waals surface area contributed by atoms with Crippen molar-refractivity contribution in [3.8, 4) is 0 Å². The molecule has 1 aromatic carbocycles. The van der Waals surface area contributed by atoms with Gasteiger partial charge in [0.2, 0.25) is 0 Å². The molecule has 1 nitrogen and oxygen atoms in total. The van der Waals surface area contributed by atoms with E-state index in [0.29, 0.717) is 5.56 Å². The fourth-order valence-electron chi connectivity index (χ4n) is 1.50. The quantitative estimate of drug-likeness (QED) is 0.904. The van der Waals surface area contributed by atoms with Crippen LogP contribution in [0, 0.1) is 11.6 Å². The first-order chi connectivity index (χ1) is 8.06. The molecule has 1 unspecified atom stereocenters. The molecule has 17 heavy (non-hydrogen) atoms. The number of hydrogen-bond acceptors (Lipinski definition) is 2. The lowest BCUT2D eigenvalue weighted by atomic mass is 10.1. The van der Waals surface area contributed by atoms with Crippen molar-refractivity contribution in [1.29, 1.82) is 0 Å². The molecule has 0 bridgehead atoms. The summed E-state index contributed by atoms with van der Waals surface area (Å²) in [6, 6.07) is 5.16. The third-order valence-corrected chi connectivity index (χ3v) is 4.14. The van der Waals surface area contributed by atoms with Gasteiger partial charge in [-0.1, -0.05) is 6.07 Å². The summed E-state index contributed by atoms with van der Waals surface area (Å²) in [5.74, 6) is -1.24. The van der Waals surface area contributed by atoms with Gasteiger partial charge in [0.05, 0.1) is 6.10 Å². The van der Waals surface area contributed by atoms with Crippen LogP contribution in [0.3, 0.4) is 0 Å². The Labute approximate surface area is 110 Å². The molecule has 2 rings (SSSR count). The predicted molar refractivity (Wildman–Crippen MR) is 67.0 cm³/mol. The Kier molecular flexibility index (Phi) is 3.91. The van der Waals surface area contributed by atoms with Crippen molar-refractivity contribution in [2.45, 2.75) is 12.5 Å². The van der Waals surface area contributed by atoms with Gasteiger partial charge < -0.3 is 5.11 Å². The molecule has 0 aliphatic carbocycles. The van der Waals surface area contributed by atoms with Crippen LogP contribution < -0.4 is 0 Å². The minimum atomic E-state index is -0.772. The van der Waals surface area contributed by atoms with Gasteiger partial charge in [-0.05, 0) is 33.6 Å². The zero-order valence-corrected chi connectivity index (χ0v) is 11.1. The summed E-state index contributed by atoms with van der Waals surface area (Å²) in [5.41, 5.74) is 0.309. The third kappa shape index (κ3) is 3.12. The van der Waals surface area contributed by atoms with E-state index in [9.17, 15) is 13.9 Å². The van der Waals surface area contributed by atoms with Crippen LogP contribution in [0.5, 0.6) is 0 Å². The highest BCUT2D eigenvalue weighted by Gasteiger charge is 2.13. The number of rotatable bonds is 3. The highest BCUT2D eigenvalue weighted by Crippen LogP contribution is 2.28. The molecule has 2 aromatic rings. The number of halogens is 3. The first-order valence-corrected chi connectivity index (χ1v) is 6.59. The Morgan fingerprint density at radius 3 is 2.65 bits per heavy atom. The second-order valence-electron chi connectivity index (χ2n) is 3.62. The first-order valence-electron chi connectivity index (χ1n) is 4.92. The van der Waals surface area contributed by atoms with E-state index in [0.717, 1.165) is 15.4 Å². The van der Waals surface area contributed by atoms with Crippen molar-refractivity contribution in [2.75, 3.05) is 0 Å². The number of benzene rings is 1. The number of thiophene rings is 1. The van der Waals surface area contributed by atoms with Crippen molar-refractivity contribution < 1.29 is 13.9 Å². The van der Waals surface area contributed by atoms with Crippen LogP contribution in [0.25, 0.3) is 0 Å². The molecule has 0 radical (unpaired) electrons. The molecule has 1 aromatic heterocycles. The average Bonchev–Trinajstić information content (AvgIpc) is 2.69. The smallest absolute Gasteiger partial charge is 0.129 e. The summed E-state index contributed by atoms with van der Waals surface area (Å²) in [6.45, 7) is 0. The molecule has 1 atom stereocenters. The van der Waals surface area contributed by atoms with Gasteiger partial charge in [-0.15, -0.1) is 11.3 Å². The maximum absolute atomic E-state index is 13.4.